The van der Waals surface area contributed by atoms with E-state index in [0.717, 1.165) is 17.0 Å². The Hall–Kier alpha value is -2.88. The summed E-state index contributed by atoms with van der Waals surface area (Å²) in [5.41, 5.74) is 1.62. The zero-order valence-electron chi connectivity index (χ0n) is 16.4. The normalized spacial score (nSPS) is 16.5. The first-order chi connectivity index (χ1) is 15.0. The minimum absolute atomic E-state index is 0.225. The van der Waals surface area contributed by atoms with E-state index >= 15 is 0 Å². The second kappa shape index (κ2) is 7.99. The number of piperazine rings is 1. The molecule has 0 unspecified atom stereocenters. The van der Waals surface area contributed by atoms with Gasteiger partial charge in [-0.3, -0.25) is 0 Å². The van der Waals surface area contributed by atoms with Crippen LogP contribution in [0.3, 0.4) is 0 Å². The molecule has 0 radical (unpaired) electrons. The van der Waals surface area contributed by atoms with Gasteiger partial charge in [0.25, 0.3) is 0 Å². The second-order valence-corrected chi connectivity index (χ2v) is 9.56. The van der Waals surface area contributed by atoms with Gasteiger partial charge in [0.05, 0.1) is 10.6 Å². The zero-order chi connectivity index (χ0) is 21.4. The van der Waals surface area contributed by atoms with Crippen molar-refractivity contribution in [2.75, 3.05) is 37.9 Å². The summed E-state index contributed by atoms with van der Waals surface area (Å²) in [4.78, 5) is 2.28. The topological polar surface area (TPSA) is 84.9 Å². The number of sulfonamides is 1. The molecule has 8 nitrogen and oxygen atoms in total. The Morgan fingerprint density at radius 2 is 1.58 bits per heavy atom. The van der Waals surface area contributed by atoms with Crippen molar-refractivity contribution in [1.29, 1.82) is 0 Å². The van der Waals surface area contributed by atoms with E-state index in [4.69, 9.17) is 21.1 Å². The molecule has 2 aliphatic rings. The van der Waals surface area contributed by atoms with Crippen LogP contribution in [0, 0.1) is 0 Å². The molecule has 1 saturated heterocycles. The quantitative estimate of drug-likeness (QED) is 0.594. The molecule has 0 amide bonds. The summed E-state index contributed by atoms with van der Waals surface area (Å²) in [6.45, 7) is 2.03. The molecule has 2 aliphatic heterocycles. The summed E-state index contributed by atoms with van der Waals surface area (Å²) in [5.74, 6) is 2.13. The SMILES string of the molecule is O=S(=O)(c1ccc(Cl)cc1)N1CCN(c2ccc(-c3ccc4c(c3)OCO4)nn2)CC1. The van der Waals surface area contributed by atoms with E-state index in [1.807, 2.05) is 35.2 Å². The minimum Gasteiger partial charge on any atom is -0.454 e. The van der Waals surface area contributed by atoms with Crippen molar-refractivity contribution >= 4 is 27.4 Å². The van der Waals surface area contributed by atoms with Gasteiger partial charge >= 0.3 is 0 Å². The maximum Gasteiger partial charge on any atom is 0.243 e. The predicted octanol–water partition coefficient (Wildman–Crippen LogP) is 3.04. The van der Waals surface area contributed by atoms with Crippen LogP contribution in [0.25, 0.3) is 11.3 Å². The third kappa shape index (κ3) is 3.91. The second-order valence-electron chi connectivity index (χ2n) is 7.19. The zero-order valence-corrected chi connectivity index (χ0v) is 18.0. The van der Waals surface area contributed by atoms with Gasteiger partial charge in [0, 0.05) is 36.8 Å². The molecule has 5 rings (SSSR count). The van der Waals surface area contributed by atoms with E-state index in [9.17, 15) is 8.42 Å². The Labute approximate surface area is 185 Å². The van der Waals surface area contributed by atoms with Crippen LogP contribution in [0.4, 0.5) is 5.82 Å². The highest BCUT2D eigenvalue weighted by molar-refractivity contribution is 7.89. The van der Waals surface area contributed by atoms with Gasteiger partial charge in [0.2, 0.25) is 16.8 Å². The number of aromatic nitrogens is 2. The highest BCUT2D eigenvalue weighted by Crippen LogP contribution is 2.35. The average molecular weight is 459 g/mol. The van der Waals surface area contributed by atoms with Crippen molar-refractivity contribution in [2.24, 2.45) is 0 Å². The van der Waals surface area contributed by atoms with E-state index < -0.39 is 10.0 Å². The van der Waals surface area contributed by atoms with Crippen molar-refractivity contribution in [1.82, 2.24) is 14.5 Å². The summed E-state index contributed by atoms with van der Waals surface area (Å²) in [7, 11) is -3.54. The van der Waals surface area contributed by atoms with E-state index in [-0.39, 0.29) is 11.7 Å². The van der Waals surface area contributed by atoms with Crippen LogP contribution in [0.1, 0.15) is 0 Å². The van der Waals surface area contributed by atoms with Gasteiger partial charge in [0.15, 0.2) is 17.3 Å². The molecule has 3 aromatic rings. The largest absolute Gasteiger partial charge is 0.454 e. The lowest BCUT2D eigenvalue weighted by atomic mass is 10.1. The minimum atomic E-state index is -3.54. The van der Waals surface area contributed by atoms with E-state index in [1.165, 1.54) is 16.4 Å². The molecule has 0 spiro atoms. The Kier molecular flexibility index (Phi) is 5.17. The van der Waals surface area contributed by atoms with Crippen LogP contribution in [0.2, 0.25) is 5.02 Å². The lowest BCUT2D eigenvalue weighted by molar-refractivity contribution is 0.174. The molecule has 31 heavy (non-hydrogen) atoms. The first kappa shape index (κ1) is 20.0. The number of ether oxygens (including phenoxy) is 2. The van der Waals surface area contributed by atoms with E-state index in [0.29, 0.717) is 42.8 Å². The van der Waals surface area contributed by atoms with Crippen LogP contribution in [0.15, 0.2) is 59.5 Å². The molecular formula is C21H19ClN4O4S. The van der Waals surface area contributed by atoms with Crippen molar-refractivity contribution in [3.8, 4) is 22.8 Å². The fourth-order valence-corrected chi connectivity index (χ4v) is 5.17. The van der Waals surface area contributed by atoms with Gasteiger partial charge in [0.1, 0.15) is 0 Å². The fraction of sp³-hybridized carbons (Fsp3) is 0.238. The standard InChI is InChI=1S/C21H19ClN4O4S/c22-16-2-4-17(5-3-16)31(27,28)26-11-9-25(10-12-26)21-8-6-18(23-24-21)15-1-7-19-20(13-15)30-14-29-19/h1-8,13H,9-12,14H2. The number of nitrogens with zero attached hydrogens (tertiary/aromatic N) is 4. The fourth-order valence-electron chi connectivity index (χ4n) is 3.62. The Bertz CT molecular complexity index is 1200. The highest BCUT2D eigenvalue weighted by Gasteiger charge is 2.29. The predicted molar refractivity (Wildman–Crippen MR) is 116 cm³/mol. The molecule has 1 fully saturated rings. The van der Waals surface area contributed by atoms with Crippen LogP contribution < -0.4 is 14.4 Å². The molecule has 2 aromatic carbocycles. The number of hydrogen-bond acceptors (Lipinski definition) is 7. The first-order valence-electron chi connectivity index (χ1n) is 9.75. The van der Waals surface area contributed by atoms with Crippen molar-refractivity contribution in [3.63, 3.8) is 0 Å². The molecule has 0 bridgehead atoms. The lowest BCUT2D eigenvalue weighted by Gasteiger charge is -2.34. The van der Waals surface area contributed by atoms with Crippen LogP contribution in [0.5, 0.6) is 11.5 Å². The van der Waals surface area contributed by atoms with Crippen molar-refractivity contribution in [2.45, 2.75) is 4.90 Å². The molecule has 0 N–H and O–H groups in total. The number of benzene rings is 2. The lowest BCUT2D eigenvalue weighted by Crippen LogP contribution is -2.48. The highest BCUT2D eigenvalue weighted by atomic mass is 35.5. The molecular weight excluding hydrogens is 440 g/mol. The summed E-state index contributed by atoms with van der Waals surface area (Å²) in [6, 6.07) is 15.7. The van der Waals surface area contributed by atoms with Crippen LogP contribution in [-0.4, -0.2) is 55.9 Å². The summed E-state index contributed by atoms with van der Waals surface area (Å²) in [6.07, 6.45) is 0. The number of halogens is 1. The maximum atomic E-state index is 12.8. The summed E-state index contributed by atoms with van der Waals surface area (Å²) < 4.78 is 37.9. The average Bonchev–Trinajstić information content (AvgIpc) is 3.28. The third-order valence-electron chi connectivity index (χ3n) is 5.33. The van der Waals surface area contributed by atoms with Gasteiger partial charge < -0.3 is 14.4 Å². The molecule has 10 heteroatoms. The number of anilines is 1. The number of hydrogen-bond donors (Lipinski definition) is 0. The summed E-state index contributed by atoms with van der Waals surface area (Å²) in [5, 5.41) is 9.20. The third-order valence-corrected chi connectivity index (χ3v) is 7.50. The van der Waals surface area contributed by atoms with E-state index in [1.54, 1.807) is 12.1 Å². The molecule has 0 aliphatic carbocycles. The van der Waals surface area contributed by atoms with Crippen LogP contribution in [-0.2, 0) is 10.0 Å². The maximum absolute atomic E-state index is 12.8. The first-order valence-corrected chi connectivity index (χ1v) is 11.6. The Balaban J connectivity index is 1.26. The smallest absolute Gasteiger partial charge is 0.243 e. The van der Waals surface area contributed by atoms with E-state index in [2.05, 4.69) is 10.2 Å². The van der Waals surface area contributed by atoms with Crippen molar-refractivity contribution in [3.05, 3.63) is 59.6 Å². The number of rotatable bonds is 4. The van der Waals surface area contributed by atoms with Gasteiger partial charge in [-0.15, -0.1) is 10.2 Å². The van der Waals surface area contributed by atoms with Gasteiger partial charge in [-0.1, -0.05) is 11.6 Å². The molecule has 3 heterocycles. The Morgan fingerprint density at radius 1 is 0.839 bits per heavy atom. The summed E-state index contributed by atoms with van der Waals surface area (Å²) >= 11 is 5.87. The van der Waals surface area contributed by atoms with Gasteiger partial charge in [-0.2, -0.15) is 4.31 Å². The molecule has 1 aromatic heterocycles. The Morgan fingerprint density at radius 3 is 2.29 bits per heavy atom. The number of fused-ring (bicyclic) bond motifs is 1. The van der Waals surface area contributed by atoms with Gasteiger partial charge in [-0.25, -0.2) is 8.42 Å². The van der Waals surface area contributed by atoms with Crippen LogP contribution >= 0.6 is 11.6 Å². The monoisotopic (exact) mass is 458 g/mol. The molecule has 160 valence electrons. The molecule has 0 atom stereocenters. The van der Waals surface area contributed by atoms with Gasteiger partial charge in [-0.05, 0) is 54.6 Å². The van der Waals surface area contributed by atoms with Crippen molar-refractivity contribution < 1.29 is 17.9 Å². The molecule has 0 saturated carbocycles.